The molecule has 72 valence electrons. The van der Waals surface area contributed by atoms with Crippen molar-refractivity contribution >= 4 is 22.8 Å². The van der Waals surface area contributed by atoms with Gasteiger partial charge in [-0.3, -0.25) is 4.79 Å². The van der Waals surface area contributed by atoms with Crippen LogP contribution in [-0.2, 0) is 6.42 Å². The van der Waals surface area contributed by atoms with Crippen molar-refractivity contribution in [1.82, 2.24) is 0 Å². The molecule has 13 heavy (non-hydrogen) atoms. The molecule has 0 aliphatic carbocycles. The van der Waals surface area contributed by atoms with Crippen molar-refractivity contribution in [2.45, 2.75) is 20.3 Å². The number of hydrogen-bond acceptors (Lipinski definition) is 3. The molecule has 3 heteroatoms. The monoisotopic (exact) mass is 197 g/mol. The van der Waals surface area contributed by atoms with Gasteiger partial charge in [0.25, 0.3) is 0 Å². The van der Waals surface area contributed by atoms with Crippen molar-refractivity contribution < 1.29 is 4.79 Å². The van der Waals surface area contributed by atoms with Crippen molar-refractivity contribution in [1.29, 1.82) is 0 Å². The fourth-order valence-corrected chi connectivity index (χ4v) is 2.26. The van der Waals surface area contributed by atoms with Gasteiger partial charge in [0.1, 0.15) is 0 Å². The van der Waals surface area contributed by atoms with E-state index in [1.165, 1.54) is 4.88 Å². The minimum atomic E-state index is 0.161. The number of anilines is 1. The van der Waals surface area contributed by atoms with E-state index in [0.29, 0.717) is 0 Å². The molecule has 0 spiro atoms. The maximum atomic E-state index is 11.3. The molecular weight excluding hydrogens is 182 g/mol. The second-order valence-electron chi connectivity index (χ2n) is 3.23. The van der Waals surface area contributed by atoms with Crippen LogP contribution in [0, 0.1) is 0 Å². The van der Waals surface area contributed by atoms with Gasteiger partial charge >= 0.3 is 0 Å². The van der Waals surface area contributed by atoms with Gasteiger partial charge in [0.05, 0.1) is 10.6 Å². The number of Topliss-reactive ketones (excluding diaryl/α,β-unsaturated/α-hetero) is 1. The molecule has 0 aliphatic rings. The van der Waals surface area contributed by atoms with Crippen LogP contribution < -0.4 is 4.90 Å². The molecule has 0 saturated carbocycles. The van der Waals surface area contributed by atoms with Crippen LogP contribution in [0.5, 0.6) is 0 Å². The molecule has 0 aliphatic heterocycles. The summed E-state index contributed by atoms with van der Waals surface area (Å²) in [5, 5.41) is 0. The molecule has 0 N–H and O–H groups in total. The van der Waals surface area contributed by atoms with Crippen molar-refractivity contribution in [3.63, 3.8) is 0 Å². The zero-order chi connectivity index (χ0) is 10.0. The number of carbonyl (C=O) groups excluding carboxylic acids is 1. The van der Waals surface area contributed by atoms with Crippen LogP contribution in [0.25, 0.3) is 0 Å². The summed E-state index contributed by atoms with van der Waals surface area (Å²) in [5.41, 5.74) is 1.05. The van der Waals surface area contributed by atoms with E-state index in [4.69, 9.17) is 0 Å². The average molecular weight is 197 g/mol. The number of nitrogens with zero attached hydrogens (tertiary/aromatic N) is 1. The van der Waals surface area contributed by atoms with Gasteiger partial charge in [-0.1, -0.05) is 6.92 Å². The zero-order valence-electron chi connectivity index (χ0n) is 8.55. The van der Waals surface area contributed by atoms with Crippen molar-refractivity contribution in [2.75, 3.05) is 19.0 Å². The second kappa shape index (κ2) is 3.92. The molecule has 0 radical (unpaired) electrons. The summed E-state index contributed by atoms with van der Waals surface area (Å²) in [6.07, 6.45) is 0.999. The predicted octanol–water partition coefficient (Wildman–Crippen LogP) is 2.58. The quantitative estimate of drug-likeness (QED) is 0.694. The maximum absolute atomic E-state index is 11.3. The lowest BCUT2D eigenvalue weighted by Gasteiger charge is -2.10. The SMILES string of the molecule is CCc1cc(N(C)C)c(C(C)=O)s1. The van der Waals surface area contributed by atoms with Crippen LogP contribution in [-0.4, -0.2) is 19.9 Å². The Morgan fingerprint density at radius 3 is 2.46 bits per heavy atom. The third-order valence-corrected chi connectivity index (χ3v) is 3.28. The number of thiophene rings is 1. The Kier molecular flexibility index (Phi) is 3.09. The number of rotatable bonds is 3. The molecule has 2 nitrogen and oxygen atoms in total. The van der Waals surface area contributed by atoms with E-state index in [0.717, 1.165) is 17.0 Å². The molecular formula is C10H15NOS. The van der Waals surface area contributed by atoms with Crippen molar-refractivity contribution in [2.24, 2.45) is 0 Å². The summed E-state index contributed by atoms with van der Waals surface area (Å²) in [7, 11) is 3.93. The lowest BCUT2D eigenvalue weighted by molar-refractivity contribution is 0.102. The minimum absolute atomic E-state index is 0.161. The molecule has 0 bridgehead atoms. The Morgan fingerprint density at radius 1 is 1.54 bits per heavy atom. The van der Waals surface area contributed by atoms with E-state index < -0.39 is 0 Å². The fraction of sp³-hybridized carbons (Fsp3) is 0.500. The van der Waals surface area contributed by atoms with Gasteiger partial charge in [0.15, 0.2) is 5.78 Å². The summed E-state index contributed by atoms with van der Waals surface area (Å²) in [6, 6.07) is 2.10. The third-order valence-electron chi connectivity index (χ3n) is 1.91. The van der Waals surface area contributed by atoms with Crippen LogP contribution in [0.1, 0.15) is 28.4 Å². The number of hydrogen-bond donors (Lipinski definition) is 0. The number of ketones is 1. The van der Waals surface area contributed by atoms with Crippen LogP contribution in [0.15, 0.2) is 6.07 Å². The van der Waals surface area contributed by atoms with E-state index in [-0.39, 0.29) is 5.78 Å². The van der Waals surface area contributed by atoms with Gasteiger partial charge in [0.2, 0.25) is 0 Å². The number of aryl methyl sites for hydroxylation is 1. The van der Waals surface area contributed by atoms with Crippen molar-refractivity contribution in [3.8, 4) is 0 Å². The summed E-state index contributed by atoms with van der Waals surface area (Å²) >= 11 is 1.60. The molecule has 0 saturated heterocycles. The Bertz CT molecular complexity index is 315. The highest BCUT2D eigenvalue weighted by Crippen LogP contribution is 2.29. The molecule has 1 heterocycles. The predicted molar refractivity (Wildman–Crippen MR) is 58.0 cm³/mol. The minimum Gasteiger partial charge on any atom is -0.376 e. The van der Waals surface area contributed by atoms with E-state index >= 15 is 0 Å². The van der Waals surface area contributed by atoms with Crippen LogP contribution in [0.4, 0.5) is 5.69 Å². The second-order valence-corrected chi connectivity index (χ2v) is 4.37. The van der Waals surface area contributed by atoms with Gasteiger partial charge in [-0.05, 0) is 12.5 Å². The summed E-state index contributed by atoms with van der Waals surface area (Å²) in [4.78, 5) is 15.4. The molecule has 0 fully saturated rings. The third kappa shape index (κ3) is 2.10. The van der Waals surface area contributed by atoms with Gasteiger partial charge < -0.3 is 4.90 Å². The molecule has 0 atom stereocenters. The first-order valence-corrected chi connectivity index (χ1v) is 5.18. The smallest absolute Gasteiger partial charge is 0.171 e. The highest BCUT2D eigenvalue weighted by atomic mass is 32.1. The van der Waals surface area contributed by atoms with E-state index in [2.05, 4.69) is 13.0 Å². The van der Waals surface area contributed by atoms with E-state index in [1.807, 2.05) is 19.0 Å². The highest BCUT2D eigenvalue weighted by Gasteiger charge is 2.13. The van der Waals surface area contributed by atoms with Crippen LogP contribution in [0.2, 0.25) is 0 Å². The summed E-state index contributed by atoms with van der Waals surface area (Å²) in [6.45, 7) is 3.73. The van der Waals surface area contributed by atoms with Gasteiger partial charge in [-0.15, -0.1) is 11.3 Å². The van der Waals surface area contributed by atoms with Crippen LogP contribution in [0.3, 0.4) is 0 Å². The molecule has 1 rings (SSSR count). The first kappa shape index (κ1) is 10.3. The molecule has 0 aromatic carbocycles. The normalized spacial score (nSPS) is 10.2. The highest BCUT2D eigenvalue weighted by molar-refractivity contribution is 7.14. The van der Waals surface area contributed by atoms with Gasteiger partial charge in [-0.2, -0.15) is 0 Å². The fourth-order valence-electron chi connectivity index (χ4n) is 1.19. The molecule has 1 aromatic rings. The Balaban J connectivity index is 3.15. The van der Waals surface area contributed by atoms with E-state index in [1.54, 1.807) is 18.3 Å². The molecule has 1 aromatic heterocycles. The Morgan fingerprint density at radius 2 is 2.15 bits per heavy atom. The van der Waals surface area contributed by atoms with Crippen molar-refractivity contribution in [3.05, 3.63) is 15.8 Å². The number of carbonyl (C=O) groups is 1. The molecule has 0 unspecified atom stereocenters. The molecule has 0 amide bonds. The van der Waals surface area contributed by atoms with E-state index in [9.17, 15) is 4.79 Å². The maximum Gasteiger partial charge on any atom is 0.171 e. The average Bonchev–Trinajstić information content (AvgIpc) is 2.47. The summed E-state index contributed by atoms with van der Waals surface area (Å²) in [5.74, 6) is 0.161. The van der Waals surface area contributed by atoms with Gasteiger partial charge in [-0.25, -0.2) is 0 Å². The lowest BCUT2D eigenvalue weighted by Crippen LogP contribution is -2.10. The summed E-state index contributed by atoms with van der Waals surface area (Å²) < 4.78 is 0. The topological polar surface area (TPSA) is 20.3 Å². The zero-order valence-corrected chi connectivity index (χ0v) is 9.36. The lowest BCUT2D eigenvalue weighted by atomic mass is 10.2. The largest absolute Gasteiger partial charge is 0.376 e. The Hall–Kier alpha value is -0.830. The van der Waals surface area contributed by atoms with Crippen LogP contribution >= 0.6 is 11.3 Å². The Labute approximate surface area is 83.2 Å². The first-order valence-electron chi connectivity index (χ1n) is 4.37. The van der Waals surface area contributed by atoms with Gasteiger partial charge in [0, 0.05) is 25.9 Å². The first-order chi connectivity index (χ1) is 6.06. The standard InChI is InChI=1S/C10H15NOS/c1-5-8-6-9(11(3)4)10(13-8)7(2)12/h6H,5H2,1-4H3.